The average Bonchev–Trinajstić information content (AvgIpc) is 2.48. The van der Waals surface area contributed by atoms with E-state index in [0.29, 0.717) is 28.4 Å². The highest BCUT2D eigenvalue weighted by Gasteiger charge is 2.26. The number of thioether (sulfide) groups is 1. The van der Waals surface area contributed by atoms with Gasteiger partial charge in [-0.2, -0.15) is 11.8 Å². The van der Waals surface area contributed by atoms with Crippen molar-refractivity contribution in [2.75, 3.05) is 24.4 Å². The lowest BCUT2D eigenvalue weighted by molar-refractivity contribution is 0.0601. The summed E-state index contributed by atoms with van der Waals surface area (Å²) in [5, 5.41) is 3.95. The molecule has 0 aromatic carbocycles. The zero-order valence-corrected chi connectivity index (χ0v) is 12.7. The number of hydrogen-bond donors (Lipinski definition) is 2. The molecule has 0 amide bonds. The number of carbonyl (C=O) groups excluding carboxylic acids is 1. The first-order valence-corrected chi connectivity index (χ1v) is 8.07. The molecule has 1 fully saturated rings. The summed E-state index contributed by atoms with van der Waals surface area (Å²) in [5.41, 5.74) is 6.56. The molecule has 1 saturated carbocycles. The number of ether oxygens (including phenoxy) is 1. The summed E-state index contributed by atoms with van der Waals surface area (Å²) in [6.07, 6.45) is 8.45. The van der Waals surface area contributed by atoms with Gasteiger partial charge in [-0.15, -0.1) is 0 Å². The molecule has 6 heteroatoms. The minimum Gasteiger partial charge on any atom is -0.465 e. The number of hydrogen-bond acceptors (Lipinski definition) is 6. The number of rotatable bonds is 4. The van der Waals surface area contributed by atoms with Crippen LogP contribution in [0.2, 0.25) is 0 Å². The van der Waals surface area contributed by atoms with E-state index >= 15 is 0 Å². The molecule has 0 bridgehead atoms. The predicted octanol–water partition coefficient (Wildman–Crippen LogP) is 2.54. The Balaban J connectivity index is 2.21. The second-order valence-corrected chi connectivity index (χ2v) is 6.04. The lowest BCUT2D eigenvalue weighted by atomic mass is 9.94. The molecule has 2 rings (SSSR count). The summed E-state index contributed by atoms with van der Waals surface area (Å²) >= 11 is 1.87. The van der Waals surface area contributed by atoms with Crippen molar-refractivity contribution < 1.29 is 9.53 Å². The van der Waals surface area contributed by atoms with Crippen molar-refractivity contribution in [3.05, 3.63) is 17.8 Å². The molecule has 1 aliphatic rings. The maximum absolute atomic E-state index is 11.8. The van der Waals surface area contributed by atoms with Crippen molar-refractivity contribution in [3.8, 4) is 0 Å². The van der Waals surface area contributed by atoms with E-state index in [1.807, 2.05) is 11.8 Å². The Morgan fingerprint density at radius 1 is 1.50 bits per heavy atom. The molecule has 2 atom stereocenters. The normalized spacial score (nSPS) is 22.3. The Labute approximate surface area is 123 Å². The van der Waals surface area contributed by atoms with Gasteiger partial charge in [-0.25, -0.2) is 9.78 Å². The van der Waals surface area contributed by atoms with E-state index in [4.69, 9.17) is 10.5 Å². The summed E-state index contributed by atoms with van der Waals surface area (Å²) < 4.78 is 4.79. The number of aromatic nitrogens is 1. The smallest absolute Gasteiger partial charge is 0.341 e. The van der Waals surface area contributed by atoms with E-state index in [2.05, 4.69) is 16.6 Å². The summed E-state index contributed by atoms with van der Waals surface area (Å²) in [7, 11) is 1.36. The van der Waals surface area contributed by atoms with Gasteiger partial charge in [0.05, 0.1) is 19.0 Å². The van der Waals surface area contributed by atoms with Gasteiger partial charge in [0.15, 0.2) is 0 Å². The molecule has 110 valence electrons. The number of carbonyl (C=O) groups is 1. The monoisotopic (exact) mass is 295 g/mol. The highest BCUT2D eigenvalue weighted by Crippen LogP contribution is 2.30. The Kier molecular flexibility index (Phi) is 5.11. The van der Waals surface area contributed by atoms with Crippen molar-refractivity contribution in [3.63, 3.8) is 0 Å². The number of anilines is 2. The molecule has 1 heterocycles. The average molecular weight is 295 g/mol. The molecular formula is C14H21N3O2S. The van der Waals surface area contributed by atoms with Crippen LogP contribution in [0.5, 0.6) is 0 Å². The van der Waals surface area contributed by atoms with Gasteiger partial charge in [0.2, 0.25) is 0 Å². The SMILES string of the molecule is COC(=O)c1cc(N)cnc1NC1CCCCC1SC. The van der Waals surface area contributed by atoms with Gasteiger partial charge >= 0.3 is 5.97 Å². The molecule has 0 saturated heterocycles. The fourth-order valence-corrected chi connectivity index (χ4v) is 3.52. The minimum atomic E-state index is -0.413. The van der Waals surface area contributed by atoms with E-state index < -0.39 is 5.97 Å². The predicted molar refractivity (Wildman–Crippen MR) is 83.2 cm³/mol. The molecule has 1 aromatic rings. The summed E-state index contributed by atoms with van der Waals surface area (Å²) in [4.78, 5) is 16.1. The molecule has 20 heavy (non-hydrogen) atoms. The standard InChI is InChI=1S/C14H21N3O2S/c1-19-14(18)10-7-9(15)8-16-13(10)17-11-5-3-4-6-12(11)20-2/h7-8,11-12H,3-6,15H2,1-2H3,(H,16,17). The Morgan fingerprint density at radius 2 is 2.25 bits per heavy atom. The number of methoxy groups -OCH3 is 1. The number of nitrogen functional groups attached to an aromatic ring is 1. The molecule has 0 spiro atoms. The van der Waals surface area contributed by atoms with E-state index in [1.54, 1.807) is 12.3 Å². The van der Waals surface area contributed by atoms with Crippen LogP contribution in [0.4, 0.5) is 11.5 Å². The van der Waals surface area contributed by atoms with Crippen molar-refractivity contribution in [1.82, 2.24) is 4.98 Å². The molecule has 0 radical (unpaired) electrons. The topological polar surface area (TPSA) is 77.2 Å². The lowest BCUT2D eigenvalue weighted by Crippen LogP contribution is -2.35. The van der Waals surface area contributed by atoms with E-state index in [1.165, 1.54) is 26.4 Å². The van der Waals surface area contributed by atoms with Crippen LogP contribution in [-0.4, -0.2) is 35.6 Å². The summed E-state index contributed by atoms with van der Waals surface area (Å²) in [6, 6.07) is 1.94. The third-order valence-electron chi connectivity index (χ3n) is 3.64. The Hall–Kier alpha value is -1.43. The first-order chi connectivity index (χ1) is 9.65. The van der Waals surface area contributed by atoms with E-state index in [0.717, 1.165) is 6.42 Å². The third-order valence-corrected chi connectivity index (χ3v) is 4.81. The van der Waals surface area contributed by atoms with Gasteiger partial charge in [0.25, 0.3) is 0 Å². The van der Waals surface area contributed by atoms with Crippen molar-refractivity contribution in [2.45, 2.75) is 37.0 Å². The fourth-order valence-electron chi connectivity index (χ4n) is 2.58. The van der Waals surface area contributed by atoms with Gasteiger partial charge in [0.1, 0.15) is 11.4 Å². The van der Waals surface area contributed by atoms with E-state index in [9.17, 15) is 4.79 Å². The number of nitrogens with one attached hydrogen (secondary N) is 1. The maximum atomic E-state index is 11.8. The number of nitrogens with two attached hydrogens (primary N) is 1. The van der Waals surface area contributed by atoms with Crippen LogP contribution in [0.1, 0.15) is 36.0 Å². The van der Waals surface area contributed by atoms with Crippen LogP contribution in [-0.2, 0) is 4.74 Å². The number of pyridine rings is 1. The molecule has 1 aromatic heterocycles. The summed E-state index contributed by atoms with van der Waals surface area (Å²) in [6.45, 7) is 0. The first kappa shape index (κ1) is 15.0. The highest BCUT2D eigenvalue weighted by atomic mass is 32.2. The van der Waals surface area contributed by atoms with Crippen molar-refractivity contribution in [1.29, 1.82) is 0 Å². The third kappa shape index (κ3) is 3.36. The zero-order chi connectivity index (χ0) is 14.5. The van der Waals surface area contributed by atoms with E-state index in [-0.39, 0.29) is 0 Å². The molecule has 0 aliphatic heterocycles. The van der Waals surface area contributed by atoms with Crippen LogP contribution in [0.25, 0.3) is 0 Å². The molecule has 2 unspecified atom stereocenters. The Bertz CT molecular complexity index is 481. The van der Waals surface area contributed by atoms with Crippen LogP contribution >= 0.6 is 11.8 Å². The first-order valence-electron chi connectivity index (χ1n) is 6.79. The van der Waals surface area contributed by atoms with Gasteiger partial charge in [-0.3, -0.25) is 0 Å². The molecule has 1 aliphatic carbocycles. The van der Waals surface area contributed by atoms with Gasteiger partial charge in [-0.05, 0) is 25.2 Å². The van der Waals surface area contributed by atoms with Crippen LogP contribution in [0.3, 0.4) is 0 Å². The van der Waals surface area contributed by atoms with Crippen LogP contribution in [0.15, 0.2) is 12.3 Å². The number of esters is 1. The van der Waals surface area contributed by atoms with Gasteiger partial charge in [0, 0.05) is 11.3 Å². The van der Waals surface area contributed by atoms with Gasteiger partial charge in [-0.1, -0.05) is 12.8 Å². The van der Waals surface area contributed by atoms with Gasteiger partial charge < -0.3 is 15.8 Å². The van der Waals surface area contributed by atoms with Crippen LogP contribution in [0, 0.1) is 0 Å². The fraction of sp³-hybridized carbons (Fsp3) is 0.571. The highest BCUT2D eigenvalue weighted by molar-refractivity contribution is 7.99. The zero-order valence-electron chi connectivity index (χ0n) is 11.9. The summed E-state index contributed by atoms with van der Waals surface area (Å²) in [5.74, 6) is 0.154. The maximum Gasteiger partial charge on any atom is 0.341 e. The lowest BCUT2D eigenvalue weighted by Gasteiger charge is -2.31. The second kappa shape index (κ2) is 6.83. The Morgan fingerprint density at radius 3 is 2.95 bits per heavy atom. The molecule has 3 N–H and O–H groups in total. The minimum absolute atomic E-state index is 0.332. The number of nitrogens with zero attached hydrogens (tertiary/aromatic N) is 1. The largest absolute Gasteiger partial charge is 0.465 e. The van der Waals surface area contributed by atoms with Crippen molar-refractivity contribution >= 4 is 29.2 Å². The molecular weight excluding hydrogens is 274 g/mol. The second-order valence-electron chi connectivity index (χ2n) is 4.97. The quantitative estimate of drug-likeness (QED) is 0.831. The van der Waals surface area contributed by atoms with Crippen molar-refractivity contribution in [2.24, 2.45) is 0 Å². The molecule has 5 nitrogen and oxygen atoms in total. The van der Waals surface area contributed by atoms with Crippen LogP contribution < -0.4 is 11.1 Å².